The van der Waals surface area contributed by atoms with Crippen molar-refractivity contribution in [1.82, 2.24) is 19.7 Å². The Morgan fingerprint density at radius 1 is 1.20 bits per heavy atom. The number of anilines is 1. The zero-order valence-electron chi connectivity index (χ0n) is 16.7. The SMILES string of the molecule is CCOc1ccc2nc(NC(=O)CSc3nnc(C)n3Cc3ccccc3)sc2c1. The van der Waals surface area contributed by atoms with Gasteiger partial charge in [0, 0.05) is 0 Å². The molecule has 7 nitrogen and oxygen atoms in total. The number of benzene rings is 2. The van der Waals surface area contributed by atoms with Gasteiger partial charge in [0.05, 0.1) is 29.1 Å². The molecule has 0 radical (unpaired) electrons. The Morgan fingerprint density at radius 3 is 2.83 bits per heavy atom. The number of hydrogen-bond donors (Lipinski definition) is 1. The molecule has 0 spiro atoms. The Kier molecular flexibility index (Phi) is 6.29. The van der Waals surface area contributed by atoms with Crippen LogP contribution in [0.4, 0.5) is 5.13 Å². The molecule has 2 aromatic carbocycles. The number of carbonyl (C=O) groups is 1. The van der Waals surface area contributed by atoms with E-state index in [1.54, 1.807) is 0 Å². The number of amides is 1. The van der Waals surface area contributed by atoms with Crippen molar-refractivity contribution >= 4 is 44.4 Å². The van der Waals surface area contributed by atoms with E-state index in [0.29, 0.717) is 18.3 Å². The lowest BCUT2D eigenvalue weighted by Crippen LogP contribution is -2.14. The molecule has 0 bridgehead atoms. The number of nitrogens with zero attached hydrogens (tertiary/aromatic N) is 4. The van der Waals surface area contributed by atoms with Crippen LogP contribution in [0.5, 0.6) is 5.75 Å². The van der Waals surface area contributed by atoms with E-state index in [1.807, 2.05) is 54.8 Å². The van der Waals surface area contributed by atoms with Crippen LogP contribution in [-0.4, -0.2) is 38.0 Å². The Morgan fingerprint density at radius 2 is 2.03 bits per heavy atom. The van der Waals surface area contributed by atoms with Gasteiger partial charge in [-0.2, -0.15) is 0 Å². The van der Waals surface area contributed by atoms with Crippen LogP contribution < -0.4 is 10.1 Å². The maximum atomic E-state index is 12.5. The van der Waals surface area contributed by atoms with Gasteiger partial charge in [-0.3, -0.25) is 4.79 Å². The fraction of sp³-hybridized carbons (Fsp3) is 0.238. The molecule has 30 heavy (non-hydrogen) atoms. The molecule has 0 atom stereocenters. The maximum absolute atomic E-state index is 12.5. The van der Waals surface area contributed by atoms with Gasteiger partial charge < -0.3 is 14.6 Å². The molecule has 0 aliphatic heterocycles. The highest BCUT2D eigenvalue weighted by Gasteiger charge is 2.14. The molecular weight excluding hydrogens is 418 g/mol. The van der Waals surface area contributed by atoms with Crippen molar-refractivity contribution in [2.75, 3.05) is 17.7 Å². The summed E-state index contributed by atoms with van der Waals surface area (Å²) in [6.07, 6.45) is 0. The fourth-order valence-electron chi connectivity index (χ4n) is 2.92. The molecule has 0 unspecified atom stereocenters. The van der Waals surface area contributed by atoms with Crippen molar-refractivity contribution in [3.05, 3.63) is 59.9 Å². The van der Waals surface area contributed by atoms with E-state index in [1.165, 1.54) is 23.1 Å². The average molecular weight is 440 g/mol. The topological polar surface area (TPSA) is 81.9 Å². The smallest absolute Gasteiger partial charge is 0.236 e. The van der Waals surface area contributed by atoms with E-state index in [4.69, 9.17) is 4.74 Å². The summed E-state index contributed by atoms with van der Waals surface area (Å²) in [6, 6.07) is 15.8. The second kappa shape index (κ2) is 9.27. The molecule has 9 heteroatoms. The molecular formula is C21H21N5O2S2. The molecule has 0 saturated carbocycles. The van der Waals surface area contributed by atoms with Gasteiger partial charge in [0.1, 0.15) is 11.6 Å². The van der Waals surface area contributed by atoms with E-state index >= 15 is 0 Å². The Hall–Kier alpha value is -2.91. The number of aryl methyl sites for hydroxylation is 1. The number of thiazole rings is 1. The first-order valence-corrected chi connectivity index (χ1v) is 11.3. The van der Waals surface area contributed by atoms with Gasteiger partial charge in [0.2, 0.25) is 5.91 Å². The number of fused-ring (bicyclic) bond motifs is 1. The number of rotatable bonds is 8. The lowest BCUT2D eigenvalue weighted by molar-refractivity contribution is -0.113. The summed E-state index contributed by atoms with van der Waals surface area (Å²) in [5.74, 6) is 1.72. The van der Waals surface area contributed by atoms with Crippen LogP contribution in [0.2, 0.25) is 0 Å². The van der Waals surface area contributed by atoms with Crippen molar-refractivity contribution in [3.63, 3.8) is 0 Å². The quantitative estimate of drug-likeness (QED) is 0.411. The van der Waals surface area contributed by atoms with Gasteiger partial charge in [0.25, 0.3) is 0 Å². The normalized spacial score (nSPS) is 11.0. The van der Waals surface area contributed by atoms with Crippen LogP contribution in [0.15, 0.2) is 53.7 Å². The third kappa shape index (κ3) is 4.80. The van der Waals surface area contributed by atoms with Crippen molar-refractivity contribution in [2.24, 2.45) is 0 Å². The van der Waals surface area contributed by atoms with Crippen molar-refractivity contribution in [2.45, 2.75) is 25.5 Å². The molecule has 2 heterocycles. The van der Waals surface area contributed by atoms with Crippen molar-refractivity contribution in [1.29, 1.82) is 0 Å². The molecule has 4 rings (SSSR count). The molecule has 4 aromatic rings. The minimum Gasteiger partial charge on any atom is -0.494 e. The van der Waals surface area contributed by atoms with Gasteiger partial charge in [-0.25, -0.2) is 4.98 Å². The summed E-state index contributed by atoms with van der Waals surface area (Å²) in [6.45, 7) is 5.14. The van der Waals surface area contributed by atoms with Crippen LogP contribution in [0, 0.1) is 6.92 Å². The van der Waals surface area contributed by atoms with Crippen molar-refractivity contribution in [3.8, 4) is 5.75 Å². The molecule has 1 N–H and O–H groups in total. The monoisotopic (exact) mass is 439 g/mol. The average Bonchev–Trinajstić information content (AvgIpc) is 3.30. The molecule has 0 aliphatic carbocycles. The van der Waals surface area contributed by atoms with Crippen LogP contribution in [0.1, 0.15) is 18.3 Å². The van der Waals surface area contributed by atoms with E-state index in [-0.39, 0.29) is 11.7 Å². The Bertz CT molecular complexity index is 1160. The number of nitrogens with one attached hydrogen (secondary N) is 1. The third-order valence-electron chi connectivity index (χ3n) is 4.33. The minimum absolute atomic E-state index is 0.129. The second-order valence-electron chi connectivity index (χ2n) is 6.52. The largest absolute Gasteiger partial charge is 0.494 e. The number of carbonyl (C=O) groups excluding carboxylic acids is 1. The highest BCUT2D eigenvalue weighted by atomic mass is 32.2. The number of ether oxygens (including phenoxy) is 1. The van der Waals surface area contributed by atoms with Crippen LogP contribution in [-0.2, 0) is 11.3 Å². The van der Waals surface area contributed by atoms with Crippen molar-refractivity contribution < 1.29 is 9.53 Å². The summed E-state index contributed by atoms with van der Waals surface area (Å²) < 4.78 is 8.51. The van der Waals surface area contributed by atoms with E-state index in [9.17, 15) is 4.79 Å². The van der Waals surface area contributed by atoms with E-state index < -0.39 is 0 Å². The van der Waals surface area contributed by atoms with Crippen LogP contribution >= 0.6 is 23.1 Å². The summed E-state index contributed by atoms with van der Waals surface area (Å²) >= 11 is 2.80. The van der Waals surface area contributed by atoms with Gasteiger partial charge in [-0.1, -0.05) is 53.4 Å². The maximum Gasteiger partial charge on any atom is 0.236 e. The first kappa shape index (κ1) is 20.4. The van der Waals surface area contributed by atoms with Crippen LogP contribution in [0.25, 0.3) is 10.2 Å². The highest BCUT2D eigenvalue weighted by Crippen LogP contribution is 2.29. The van der Waals surface area contributed by atoms with Gasteiger partial charge in [-0.05, 0) is 37.6 Å². The molecule has 0 aliphatic rings. The summed E-state index contributed by atoms with van der Waals surface area (Å²) in [7, 11) is 0. The standard InChI is InChI=1S/C21H21N5O2S2/c1-3-28-16-9-10-17-18(11-16)30-20(22-17)23-19(27)13-29-21-25-24-14(2)26(21)12-15-7-5-4-6-8-15/h4-11H,3,12-13H2,1-2H3,(H,22,23,27). The Balaban J connectivity index is 1.39. The first-order chi connectivity index (χ1) is 14.6. The fourth-order valence-corrected chi connectivity index (χ4v) is 4.61. The highest BCUT2D eigenvalue weighted by molar-refractivity contribution is 7.99. The lowest BCUT2D eigenvalue weighted by Gasteiger charge is -2.08. The molecule has 2 aromatic heterocycles. The lowest BCUT2D eigenvalue weighted by atomic mass is 10.2. The van der Waals surface area contributed by atoms with Gasteiger partial charge in [-0.15, -0.1) is 10.2 Å². The van der Waals surface area contributed by atoms with Crippen LogP contribution in [0.3, 0.4) is 0 Å². The van der Waals surface area contributed by atoms with E-state index in [2.05, 4.69) is 32.6 Å². The Labute approximate surface area is 182 Å². The summed E-state index contributed by atoms with van der Waals surface area (Å²) in [5, 5.41) is 12.6. The molecule has 1 amide bonds. The number of hydrogen-bond acceptors (Lipinski definition) is 7. The van der Waals surface area contributed by atoms with Gasteiger partial charge >= 0.3 is 0 Å². The number of aromatic nitrogens is 4. The zero-order valence-corrected chi connectivity index (χ0v) is 18.3. The molecule has 154 valence electrons. The minimum atomic E-state index is -0.129. The van der Waals surface area contributed by atoms with Gasteiger partial charge in [0.15, 0.2) is 10.3 Å². The third-order valence-corrected chi connectivity index (χ3v) is 6.24. The second-order valence-corrected chi connectivity index (χ2v) is 8.49. The first-order valence-electron chi connectivity index (χ1n) is 9.52. The predicted molar refractivity (Wildman–Crippen MR) is 120 cm³/mol. The molecule has 0 saturated heterocycles. The predicted octanol–water partition coefficient (Wildman–Crippen LogP) is 4.37. The van der Waals surface area contributed by atoms with E-state index in [0.717, 1.165) is 32.5 Å². The summed E-state index contributed by atoms with van der Waals surface area (Å²) in [4.78, 5) is 16.9. The number of thioether (sulfide) groups is 1. The zero-order chi connectivity index (χ0) is 20.9. The molecule has 0 fully saturated rings. The summed E-state index contributed by atoms with van der Waals surface area (Å²) in [5.41, 5.74) is 2.00.